The Morgan fingerprint density at radius 3 is 1.89 bits per heavy atom. The fourth-order valence-corrected chi connectivity index (χ4v) is 6.22. The highest BCUT2D eigenvalue weighted by atomic mass is 19.1. The fraction of sp³-hybridized carbons (Fsp3) is 0.0952. The van der Waals surface area contributed by atoms with Gasteiger partial charge >= 0.3 is 0 Å². The highest BCUT2D eigenvalue weighted by Crippen LogP contribution is 2.42. The van der Waals surface area contributed by atoms with E-state index in [1.165, 1.54) is 22.4 Å². The van der Waals surface area contributed by atoms with Gasteiger partial charge in [0.1, 0.15) is 5.82 Å². The highest BCUT2D eigenvalue weighted by molar-refractivity contribution is 6.06. The predicted molar refractivity (Wildman–Crippen MR) is 186 cm³/mol. The van der Waals surface area contributed by atoms with Gasteiger partial charge in [0.2, 0.25) is 0 Å². The summed E-state index contributed by atoms with van der Waals surface area (Å²) in [6.07, 6.45) is 0. The number of benzene rings is 7. The maximum Gasteiger partial charge on any atom is 0.131 e. The monoisotopic (exact) mass is 571 g/mol. The summed E-state index contributed by atoms with van der Waals surface area (Å²) in [5.74, 6) is -0.214. The predicted octanol–water partition coefficient (Wildman–Crippen LogP) is 12.2. The number of halogens is 1. The first kappa shape index (κ1) is 27.6. The lowest BCUT2D eigenvalue weighted by Crippen LogP contribution is -2.14. The Kier molecular flexibility index (Phi) is 6.98. The Morgan fingerprint density at radius 1 is 0.500 bits per heavy atom. The van der Waals surface area contributed by atoms with Gasteiger partial charge in [-0.15, -0.1) is 0 Å². The van der Waals surface area contributed by atoms with E-state index in [1.807, 2.05) is 24.3 Å². The molecule has 214 valence electrons. The summed E-state index contributed by atoms with van der Waals surface area (Å²) in [4.78, 5) is 2.36. The Morgan fingerprint density at radius 2 is 1.11 bits per heavy atom. The van der Waals surface area contributed by atoms with E-state index < -0.39 is 0 Å². The van der Waals surface area contributed by atoms with Crippen LogP contribution in [0, 0.1) is 5.82 Å². The normalized spacial score (nSPS) is 11.6. The molecule has 0 unspecified atom stereocenters. The zero-order valence-corrected chi connectivity index (χ0v) is 25.3. The van der Waals surface area contributed by atoms with Crippen LogP contribution < -0.4 is 4.90 Å². The molecular formula is C42H34FN. The third kappa shape index (κ3) is 5.03. The SMILES string of the molecule is CC(C)(C)c1cccc(N(c2ccc(-c3cccc4cccc(-c5ccccc5F)c34)cc2)c2cccc3ccccc23)c1. The van der Waals surface area contributed by atoms with E-state index in [0.29, 0.717) is 5.56 Å². The van der Waals surface area contributed by atoms with Crippen LogP contribution in [-0.2, 0) is 5.41 Å². The number of anilines is 3. The minimum Gasteiger partial charge on any atom is -0.310 e. The standard InChI is InChI=1S/C42H34FN/c1-42(2,3)32-16-11-17-34(28-32)44(40-23-10-13-29-12-4-5-18-35(29)40)33-26-24-30(25-27-33)36-20-8-14-31-15-9-21-38(41(31)36)37-19-6-7-22-39(37)43/h4-28H,1-3H3. The number of nitrogens with zero attached hydrogens (tertiary/aromatic N) is 1. The average molecular weight is 572 g/mol. The van der Waals surface area contributed by atoms with Crippen molar-refractivity contribution in [3.8, 4) is 22.3 Å². The summed E-state index contributed by atoms with van der Waals surface area (Å²) in [7, 11) is 0. The summed E-state index contributed by atoms with van der Waals surface area (Å²) in [6.45, 7) is 6.76. The number of fused-ring (bicyclic) bond motifs is 2. The van der Waals surface area contributed by atoms with E-state index in [0.717, 1.165) is 44.5 Å². The van der Waals surface area contributed by atoms with Gasteiger partial charge in [-0.05, 0) is 80.2 Å². The van der Waals surface area contributed by atoms with Gasteiger partial charge in [-0.1, -0.05) is 136 Å². The van der Waals surface area contributed by atoms with E-state index in [9.17, 15) is 0 Å². The van der Waals surface area contributed by atoms with Crippen LogP contribution >= 0.6 is 0 Å². The molecule has 0 bridgehead atoms. The molecule has 0 aliphatic carbocycles. The molecule has 7 aromatic carbocycles. The quantitative estimate of drug-likeness (QED) is 0.199. The molecule has 0 fully saturated rings. The second-order valence-corrected chi connectivity index (χ2v) is 12.4. The summed E-state index contributed by atoms with van der Waals surface area (Å²) < 4.78 is 15.0. The van der Waals surface area contributed by atoms with Gasteiger partial charge in [0.05, 0.1) is 5.69 Å². The molecule has 0 aromatic heterocycles. The Bertz CT molecular complexity index is 2110. The van der Waals surface area contributed by atoms with E-state index in [2.05, 4.69) is 141 Å². The molecule has 0 amide bonds. The smallest absolute Gasteiger partial charge is 0.131 e. The lowest BCUT2D eigenvalue weighted by Gasteiger charge is -2.29. The van der Waals surface area contributed by atoms with Crippen molar-refractivity contribution in [1.82, 2.24) is 0 Å². The van der Waals surface area contributed by atoms with Crippen LogP contribution in [0.25, 0.3) is 43.8 Å². The van der Waals surface area contributed by atoms with Crippen LogP contribution in [0.2, 0.25) is 0 Å². The Balaban J connectivity index is 1.40. The van der Waals surface area contributed by atoms with Crippen molar-refractivity contribution in [3.63, 3.8) is 0 Å². The van der Waals surface area contributed by atoms with Crippen molar-refractivity contribution in [2.24, 2.45) is 0 Å². The van der Waals surface area contributed by atoms with E-state index in [1.54, 1.807) is 6.07 Å². The average Bonchev–Trinajstić information content (AvgIpc) is 3.05. The lowest BCUT2D eigenvalue weighted by molar-refractivity contribution is 0.590. The first-order valence-electron chi connectivity index (χ1n) is 15.1. The van der Waals surface area contributed by atoms with Gasteiger partial charge in [0.25, 0.3) is 0 Å². The van der Waals surface area contributed by atoms with Crippen molar-refractivity contribution >= 4 is 38.6 Å². The minimum atomic E-state index is -0.214. The maximum absolute atomic E-state index is 15.0. The minimum absolute atomic E-state index is 0.0224. The fourth-order valence-electron chi connectivity index (χ4n) is 6.22. The Hall–Kier alpha value is -5.21. The first-order chi connectivity index (χ1) is 21.4. The van der Waals surface area contributed by atoms with Crippen LogP contribution in [0.4, 0.5) is 21.5 Å². The van der Waals surface area contributed by atoms with E-state index >= 15 is 4.39 Å². The third-order valence-corrected chi connectivity index (χ3v) is 8.48. The van der Waals surface area contributed by atoms with Crippen molar-refractivity contribution in [2.75, 3.05) is 4.90 Å². The second kappa shape index (κ2) is 11.1. The topological polar surface area (TPSA) is 3.24 Å². The molecule has 0 heterocycles. The number of rotatable bonds is 5. The third-order valence-electron chi connectivity index (χ3n) is 8.48. The molecule has 0 spiro atoms. The highest BCUT2D eigenvalue weighted by Gasteiger charge is 2.20. The maximum atomic E-state index is 15.0. The molecule has 0 radical (unpaired) electrons. The summed E-state index contributed by atoms with van der Waals surface area (Å²) >= 11 is 0. The van der Waals surface area contributed by atoms with Crippen LogP contribution in [0.3, 0.4) is 0 Å². The molecule has 7 rings (SSSR count). The number of hydrogen-bond acceptors (Lipinski definition) is 1. The van der Waals surface area contributed by atoms with Crippen molar-refractivity contribution in [2.45, 2.75) is 26.2 Å². The molecule has 0 saturated carbocycles. The molecule has 44 heavy (non-hydrogen) atoms. The first-order valence-corrected chi connectivity index (χ1v) is 15.1. The molecule has 0 aliphatic heterocycles. The zero-order chi connectivity index (χ0) is 30.3. The lowest BCUT2D eigenvalue weighted by atomic mass is 9.86. The molecule has 7 aromatic rings. The van der Waals surface area contributed by atoms with Crippen molar-refractivity contribution < 1.29 is 4.39 Å². The van der Waals surface area contributed by atoms with Gasteiger partial charge < -0.3 is 4.90 Å². The van der Waals surface area contributed by atoms with Gasteiger partial charge in [0, 0.05) is 22.3 Å². The van der Waals surface area contributed by atoms with Crippen LogP contribution in [0.1, 0.15) is 26.3 Å². The van der Waals surface area contributed by atoms with Crippen LogP contribution in [-0.4, -0.2) is 0 Å². The molecule has 0 N–H and O–H groups in total. The van der Waals surface area contributed by atoms with Gasteiger partial charge in [-0.3, -0.25) is 0 Å². The van der Waals surface area contributed by atoms with Crippen molar-refractivity contribution in [1.29, 1.82) is 0 Å². The largest absolute Gasteiger partial charge is 0.310 e. The molecule has 0 atom stereocenters. The molecular weight excluding hydrogens is 537 g/mol. The molecule has 1 nitrogen and oxygen atoms in total. The van der Waals surface area contributed by atoms with Crippen molar-refractivity contribution in [3.05, 3.63) is 163 Å². The van der Waals surface area contributed by atoms with E-state index in [-0.39, 0.29) is 11.2 Å². The summed E-state index contributed by atoms with van der Waals surface area (Å²) in [5.41, 5.74) is 8.32. The zero-order valence-electron chi connectivity index (χ0n) is 25.3. The van der Waals surface area contributed by atoms with Crippen LogP contribution in [0.15, 0.2) is 152 Å². The van der Waals surface area contributed by atoms with Gasteiger partial charge in [-0.25, -0.2) is 4.39 Å². The van der Waals surface area contributed by atoms with Gasteiger partial charge in [-0.2, -0.15) is 0 Å². The summed E-state index contributed by atoms with van der Waals surface area (Å²) in [5, 5.41) is 4.54. The summed E-state index contributed by atoms with van der Waals surface area (Å²) in [6, 6.07) is 52.1. The van der Waals surface area contributed by atoms with Gasteiger partial charge in [0.15, 0.2) is 0 Å². The second-order valence-electron chi connectivity index (χ2n) is 12.4. The molecule has 0 aliphatic rings. The molecule has 2 heteroatoms. The Labute approximate surface area is 258 Å². The van der Waals surface area contributed by atoms with Crippen LogP contribution in [0.5, 0.6) is 0 Å². The molecule has 0 saturated heterocycles. The van der Waals surface area contributed by atoms with E-state index in [4.69, 9.17) is 0 Å². The number of hydrogen-bond donors (Lipinski definition) is 0.